The Morgan fingerprint density at radius 3 is 2.58 bits per heavy atom. The van der Waals surface area contributed by atoms with Crippen LogP contribution in [0.25, 0.3) is 11.0 Å². The summed E-state index contributed by atoms with van der Waals surface area (Å²) in [4.78, 5) is 28.8. The van der Waals surface area contributed by atoms with Gasteiger partial charge in [0.25, 0.3) is 5.56 Å². The maximum Gasteiger partial charge on any atom is 0.263 e. The molecule has 0 bridgehead atoms. The van der Waals surface area contributed by atoms with Gasteiger partial charge in [0.15, 0.2) is 17.2 Å². The molecule has 9 nitrogen and oxygen atoms in total. The van der Waals surface area contributed by atoms with E-state index in [9.17, 15) is 14.4 Å². The van der Waals surface area contributed by atoms with E-state index in [0.717, 1.165) is 38.1 Å². The smallest absolute Gasteiger partial charge is 0.263 e. The number of rotatable bonds is 4. The van der Waals surface area contributed by atoms with Crippen LogP contribution in [0.2, 0.25) is 0 Å². The molecule has 2 aliphatic rings. The third-order valence-electron chi connectivity index (χ3n) is 6.62. The van der Waals surface area contributed by atoms with Crippen molar-refractivity contribution in [3.63, 3.8) is 0 Å². The third-order valence-corrected chi connectivity index (χ3v) is 6.62. The number of H-pyrrole nitrogens is 1. The summed E-state index contributed by atoms with van der Waals surface area (Å²) in [5.74, 6) is 0.809. The van der Waals surface area contributed by atoms with E-state index in [1.165, 1.54) is 0 Å². The highest BCUT2D eigenvalue weighted by Gasteiger charge is 2.38. The molecule has 10 heteroatoms. The largest absolute Gasteiger partial charge is 0.381 e. The number of nitrogens with one attached hydrogen (secondary N) is 1. The van der Waals surface area contributed by atoms with Crippen LogP contribution in [-0.2, 0) is 4.74 Å². The van der Waals surface area contributed by atoms with Crippen molar-refractivity contribution in [3.05, 3.63) is 45.9 Å². The van der Waals surface area contributed by atoms with Gasteiger partial charge in [-0.3, -0.25) is 4.79 Å². The van der Waals surface area contributed by atoms with Gasteiger partial charge in [-0.05, 0) is 38.5 Å². The van der Waals surface area contributed by atoms with E-state index in [2.05, 4.69) is 20.1 Å². The van der Waals surface area contributed by atoms with Crippen molar-refractivity contribution >= 4 is 11.0 Å². The van der Waals surface area contributed by atoms with Gasteiger partial charge in [-0.15, -0.1) is 0 Å². The molecule has 3 atom stereocenters. The van der Waals surface area contributed by atoms with Crippen molar-refractivity contribution in [1.82, 2.24) is 29.7 Å². The molecule has 1 saturated carbocycles. The van der Waals surface area contributed by atoms with Gasteiger partial charge in [0, 0.05) is 25.0 Å². The van der Waals surface area contributed by atoms with Crippen molar-refractivity contribution in [3.8, 4) is 6.07 Å². The van der Waals surface area contributed by atoms with Crippen LogP contribution in [0.4, 0.5) is 4.39 Å². The van der Waals surface area contributed by atoms with Crippen LogP contribution in [0.1, 0.15) is 67.8 Å². The molecule has 1 N–H and O–H groups in total. The van der Waals surface area contributed by atoms with E-state index in [1.54, 1.807) is 4.68 Å². The quantitative estimate of drug-likeness (QED) is 0.684. The number of hydrogen-bond acceptors (Lipinski definition) is 7. The average Bonchev–Trinajstić information content (AvgIpc) is 3.14. The van der Waals surface area contributed by atoms with Gasteiger partial charge in [-0.25, -0.2) is 24.0 Å². The van der Waals surface area contributed by atoms with Crippen molar-refractivity contribution in [2.45, 2.75) is 50.5 Å². The van der Waals surface area contributed by atoms with E-state index < -0.39 is 5.82 Å². The Morgan fingerprint density at radius 2 is 1.94 bits per heavy atom. The standard InChI is InChI=1S/C21H22FN7O2/c1-11(12-4-6-31-7-5-12)29-20-17(16(8-23)28-29)21(30)27-19(26-20)15-3-2-14(15)18-24-9-13(22)10-25-18/h9-12,14-15H,2-7H2,1H3,(H,26,27,30)/t11?,14-,15-/m1/s1. The minimum atomic E-state index is -0.484. The predicted octanol–water partition coefficient (Wildman–Crippen LogP) is 2.57. The minimum Gasteiger partial charge on any atom is -0.381 e. The van der Waals surface area contributed by atoms with Crippen LogP contribution >= 0.6 is 0 Å². The Balaban J connectivity index is 1.55. The molecule has 4 heterocycles. The topological polar surface area (TPSA) is 122 Å². The highest BCUT2D eigenvalue weighted by Crippen LogP contribution is 2.46. The number of hydrogen-bond donors (Lipinski definition) is 1. The summed E-state index contributed by atoms with van der Waals surface area (Å²) in [5, 5.41) is 14.2. The maximum absolute atomic E-state index is 13.2. The van der Waals surface area contributed by atoms with Crippen molar-refractivity contribution in [2.24, 2.45) is 5.92 Å². The lowest BCUT2D eigenvalue weighted by Gasteiger charge is -2.34. The first kappa shape index (κ1) is 19.8. The van der Waals surface area contributed by atoms with E-state index in [0.29, 0.717) is 36.4 Å². The summed E-state index contributed by atoms with van der Waals surface area (Å²) in [5.41, 5.74) is 0.147. The first-order valence-corrected chi connectivity index (χ1v) is 10.5. The summed E-state index contributed by atoms with van der Waals surface area (Å²) in [6.07, 6.45) is 5.75. The highest BCUT2D eigenvalue weighted by atomic mass is 19.1. The maximum atomic E-state index is 13.2. The second-order valence-electron chi connectivity index (χ2n) is 8.29. The van der Waals surface area contributed by atoms with Gasteiger partial charge in [-0.1, -0.05) is 0 Å². The van der Waals surface area contributed by atoms with Crippen LogP contribution in [0.3, 0.4) is 0 Å². The normalized spacial score (nSPS) is 22.7. The molecule has 0 radical (unpaired) electrons. The summed E-state index contributed by atoms with van der Waals surface area (Å²) >= 11 is 0. The third kappa shape index (κ3) is 3.39. The first-order chi connectivity index (χ1) is 15.1. The second-order valence-corrected chi connectivity index (χ2v) is 8.29. The van der Waals surface area contributed by atoms with Crippen molar-refractivity contribution < 1.29 is 9.13 Å². The van der Waals surface area contributed by atoms with Crippen molar-refractivity contribution in [2.75, 3.05) is 13.2 Å². The molecule has 1 unspecified atom stereocenters. The van der Waals surface area contributed by atoms with Crippen molar-refractivity contribution in [1.29, 1.82) is 5.26 Å². The van der Waals surface area contributed by atoms with Gasteiger partial charge >= 0.3 is 0 Å². The predicted molar refractivity (Wildman–Crippen MR) is 108 cm³/mol. The summed E-state index contributed by atoms with van der Waals surface area (Å²) in [6.45, 7) is 3.44. The zero-order chi connectivity index (χ0) is 21.5. The molecule has 1 saturated heterocycles. The lowest BCUT2D eigenvalue weighted by Crippen LogP contribution is -2.28. The second kappa shape index (κ2) is 7.81. The average molecular weight is 423 g/mol. The summed E-state index contributed by atoms with van der Waals surface area (Å²) in [7, 11) is 0. The van der Waals surface area contributed by atoms with Crippen LogP contribution in [-0.4, -0.2) is 42.9 Å². The van der Waals surface area contributed by atoms with Gasteiger partial charge in [0.05, 0.1) is 18.4 Å². The molecule has 0 amide bonds. The van der Waals surface area contributed by atoms with Crippen LogP contribution < -0.4 is 5.56 Å². The Bertz CT molecular complexity index is 1210. The first-order valence-electron chi connectivity index (χ1n) is 10.5. The number of aromatic nitrogens is 6. The summed E-state index contributed by atoms with van der Waals surface area (Å²) in [6, 6.07) is 2.01. The van der Waals surface area contributed by atoms with Gasteiger partial charge in [-0.2, -0.15) is 10.4 Å². The van der Waals surface area contributed by atoms with Gasteiger partial charge in [0.1, 0.15) is 23.1 Å². The molecule has 1 aliphatic carbocycles. The van der Waals surface area contributed by atoms with E-state index in [1.807, 2.05) is 13.0 Å². The van der Waals surface area contributed by atoms with E-state index in [4.69, 9.17) is 9.72 Å². The SMILES string of the molecule is CC(C1CCOCC1)n1nc(C#N)c2c(=O)[nH]c([C@@H]3CC[C@H]3c3ncc(F)cn3)nc21. The molecule has 31 heavy (non-hydrogen) atoms. The Labute approximate surface area is 177 Å². The molecular formula is C21H22FN7O2. The molecule has 0 aromatic carbocycles. The minimum absolute atomic E-state index is 0.0201. The zero-order valence-corrected chi connectivity index (χ0v) is 17.1. The Kier molecular flexibility index (Phi) is 4.98. The van der Waals surface area contributed by atoms with E-state index >= 15 is 0 Å². The van der Waals surface area contributed by atoms with Gasteiger partial charge in [0.2, 0.25) is 0 Å². The molecule has 3 aromatic heterocycles. The number of fused-ring (bicyclic) bond motifs is 1. The molecule has 160 valence electrons. The van der Waals surface area contributed by atoms with Crippen LogP contribution in [0, 0.1) is 23.1 Å². The molecular weight excluding hydrogens is 401 g/mol. The Hall–Kier alpha value is -3.19. The lowest BCUT2D eigenvalue weighted by atomic mass is 9.72. The fraction of sp³-hybridized carbons (Fsp3) is 0.524. The van der Waals surface area contributed by atoms with Gasteiger partial charge < -0.3 is 9.72 Å². The lowest BCUT2D eigenvalue weighted by molar-refractivity contribution is 0.0501. The fourth-order valence-corrected chi connectivity index (χ4v) is 4.65. The number of ether oxygens (including phenoxy) is 1. The van der Waals surface area contributed by atoms with E-state index in [-0.39, 0.29) is 34.5 Å². The number of halogens is 1. The number of nitriles is 1. The Morgan fingerprint density at radius 1 is 1.23 bits per heavy atom. The fourth-order valence-electron chi connectivity index (χ4n) is 4.65. The summed E-state index contributed by atoms with van der Waals surface area (Å²) < 4.78 is 20.4. The highest BCUT2D eigenvalue weighted by molar-refractivity contribution is 5.80. The molecule has 2 fully saturated rings. The number of aromatic amines is 1. The zero-order valence-electron chi connectivity index (χ0n) is 17.1. The van der Waals surface area contributed by atoms with Crippen LogP contribution in [0.5, 0.6) is 0 Å². The molecule has 1 aliphatic heterocycles. The van der Waals surface area contributed by atoms with Crippen LogP contribution in [0.15, 0.2) is 17.2 Å². The molecule has 5 rings (SSSR count). The monoisotopic (exact) mass is 423 g/mol. The number of nitrogens with zero attached hydrogens (tertiary/aromatic N) is 6. The molecule has 3 aromatic rings. The molecule has 0 spiro atoms.